The summed E-state index contributed by atoms with van der Waals surface area (Å²) < 4.78 is 0. The first-order valence-electron chi connectivity index (χ1n) is 8.84. The van der Waals surface area contributed by atoms with Crippen molar-refractivity contribution < 1.29 is 4.79 Å². The zero-order valence-corrected chi connectivity index (χ0v) is 14.9. The molecule has 6 heteroatoms. The molecule has 0 spiro atoms. The van der Waals surface area contributed by atoms with Gasteiger partial charge >= 0.3 is 0 Å². The molecule has 132 valence electrons. The number of amides is 1. The number of piperazine rings is 2. The first-order chi connectivity index (χ1) is 11.5. The molecule has 24 heavy (non-hydrogen) atoms. The molecule has 2 heterocycles. The van der Waals surface area contributed by atoms with Crippen LogP contribution in [0.4, 0.5) is 0 Å². The van der Waals surface area contributed by atoms with Crippen molar-refractivity contribution in [3.05, 3.63) is 0 Å². The first-order valence-corrected chi connectivity index (χ1v) is 8.84. The quantitative estimate of drug-likeness (QED) is 0.660. The van der Waals surface area contributed by atoms with Crippen molar-refractivity contribution in [2.24, 2.45) is 5.92 Å². The van der Waals surface area contributed by atoms with Gasteiger partial charge in [0, 0.05) is 52.4 Å². The van der Waals surface area contributed by atoms with Crippen molar-refractivity contribution in [2.75, 3.05) is 65.4 Å². The second-order valence-electron chi connectivity index (χ2n) is 6.99. The van der Waals surface area contributed by atoms with E-state index in [2.05, 4.69) is 40.5 Å². The Kier molecular flexibility index (Phi) is 7.05. The molecule has 1 atom stereocenters. The minimum Gasteiger partial charge on any atom is -0.339 e. The maximum Gasteiger partial charge on any atom is 0.236 e. The van der Waals surface area contributed by atoms with Gasteiger partial charge in [-0.3, -0.25) is 19.5 Å². The fourth-order valence-corrected chi connectivity index (χ4v) is 3.43. The predicted molar refractivity (Wildman–Crippen MR) is 94.1 cm³/mol. The Hall–Kier alpha value is -1.60. The number of hydrogen-bond acceptors (Lipinski definition) is 5. The van der Waals surface area contributed by atoms with Crippen molar-refractivity contribution in [2.45, 2.75) is 19.9 Å². The van der Waals surface area contributed by atoms with Gasteiger partial charge in [0.25, 0.3) is 0 Å². The number of carbonyl (C=O) groups excluding carboxylic acids is 1. The van der Waals surface area contributed by atoms with Crippen LogP contribution in [0.2, 0.25) is 0 Å². The van der Waals surface area contributed by atoms with E-state index in [-0.39, 0.29) is 11.9 Å². The molecule has 2 rings (SSSR count). The van der Waals surface area contributed by atoms with Gasteiger partial charge in [0.15, 0.2) is 0 Å². The summed E-state index contributed by atoms with van der Waals surface area (Å²) in [7, 11) is 0. The van der Waals surface area contributed by atoms with Crippen LogP contribution < -0.4 is 0 Å². The molecule has 0 aromatic carbocycles. The van der Waals surface area contributed by atoms with Gasteiger partial charge in [0.1, 0.15) is 6.04 Å². The monoisotopic (exact) mass is 331 g/mol. The van der Waals surface area contributed by atoms with Gasteiger partial charge in [0.05, 0.1) is 19.2 Å². The molecule has 2 fully saturated rings. The number of rotatable bonds is 5. The molecule has 0 bridgehead atoms. The van der Waals surface area contributed by atoms with E-state index in [9.17, 15) is 10.1 Å². The number of terminal acetylenes is 1. The third-order valence-corrected chi connectivity index (χ3v) is 4.96. The summed E-state index contributed by atoms with van der Waals surface area (Å²) in [4.78, 5) is 21.1. The van der Waals surface area contributed by atoms with Crippen LogP contribution in [-0.2, 0) is 4.79 Å². The molecule has 0 radical (unpaired) electrons. The Morgan fingerprint density at radius 2 is 1.62 bits per heavy atom. The van der Waals surface area contributed by atoms with E-state index in [1.165, 1.54) is 0 Å². The number of nitrogens with zero attached hydrogens (tertiary/aromatic N) is 5. The average Bonchev–Trinajstić information content (AvgIpc) is 2.58. The van der Waals surface area contributed by atoms with Crippen LogP contribution in [0.25, 0.3) is 0 Å². The molecule has 2 aliphatic heterocycles. The second-order valence-corrected chi connectivity index (χ2v) is 6.99. The maximum atomic E-state index is 12.5. The Balaban J connectivity index is 1.74. The highest BCUT2D eigenvalue weighted by atomic mass is 16.2. The van der Waals surface area contributed by atoms with E-state index in [0.29, 0.717) is 19.0 Å². The highest BCUT2D eigenvalue weighted by Crippen LogP contribution is 2.13. The third kappa shape index (κ3) is 4.95. The lowest BCUT2D eigenvalue weighted by atomic mass is 10.0. The Morgan fingerprint density at radius 1 is 1.04 bits per heavy atom. The van der Waals surface area contributed by atoms with E-state index in [1.54, 1.807) is 0 Å². The highest BCUT2D eigenvalue weighted by Gasteiger charge is 2.28. The van der Waals surface area contributed by atoms with Gasteiger partial charge in [-0.25, -0.2) is 0 Å². The van der Waals surface area contributed by atoms with E-state index in [0.717, 1.165) is 52.4 Å². The first kappa shape index (κ1) is 18.7. The van der Waals surface area contributed by atoms with Crippen LogP contribution in [0, 0.1) is 29.6 Å². The molecule has 0 saturated carbocycles. The molecule has 2 aliphatic rings. The van der Waals surface area contributed by atoms with Crippen LogP contribution in [0.3, 0.4) is 0 Å². The summed E-state index contributed by atoms with van der Waals surface area (Å²) in [6, 6.07) is 2.34. The summed E-state index contributed by atoms with van der Waals surface area (Å²) in [6.45, 7) is 12.0. The minimum atomic E-state index is -0.0496. The molecule has 0 aromatic rings. The molecule has 0 aromatic heterocycles. The highest BCUT2D eigenvalue weighted by molar-refractivity contribution is 5.78. The average molecular weight is 331 g/mol. The fourth-order valence-electron chi connectivity index (χ4n) is 3.43. The van der Waals surface area contributed by atoms with Crippen molar-refractivity contribution in [3.8, 4) is 18.4 Å². The summed E-state index contributed by atoms with van der Waals surface area (Å²) in [5.74, 6) is 3.20. The molecule has 0 N–H and O–H groups in total. The molecular weight excluding hydrogens is 302 g/mol. The summed E-state index contributed by atoms with van der Waals surface area (Å²) in [5.41, 5.74) is 0. The van der Waals surface area contributed by atoms with Crippen molar-refractivity contribution in [1.82, 2.24) is 19.6 Å². The zero-order chi connectivity index (χ0) is 17.5. The van der Waals surface area contributed by atoms with Crippen molar-refractivity contribution in [3.63, 3.8) is 0 Å². The van der Waals surface area contributed by atoms with Crippen LogP contribution in [-0.4, -0.2) is 97.0 Å². The van der Waals surface area contributed by atoms with E-state index in [1.807, 2.05) is 4.90 Å². The topological polar surface area (TPSA) is 53.8 Å². The lowest BCUT2D eigenvalue weighted by Crippen LogP contribution is -2.55. The van der Waals surface area contributed by atoms with Gasteiger partial charge in [-0.15, -0.1) is 6.42 Å². The van der Waals surface area contributed by atoms with Gasteiger partial charge in [0.2, 0.25) is 5.91 Å². The van der Waals surface area contributed by atoms with E-state index >= 15 is 0 Å². The molecule has 6 nitrogen and oxygen atoms in total. The van der Waals surface area contributed by atoms with E-state index < -0.39 is 0 Å². The molecule has 0 aliphatic carbocycles. The SMILES string of the molecule is C#CCN1CCN(CC(=O)N2CCN([C@H](C#N)C(C)C)CC2)CC1. The largest absolute Gasteiger partial charge is 0.339 e. The molecule has 1 amide bonds. The standard InChI is InChI=1S/C18H29N5O/c1-4-5-20-6-8-21(9-7-20)15-18(24)23-12-10-22(11-13-23)17(14-19)16(2)3/h1,16-17H,5-13,15H2,2-3H3/t17-/m1/s1. The number of nitriles is 1. The molecule has 0 unspecified atom stereocenters. The van der Waals surface area contributed by atoms with Crippen LogP contribution >= 0.6 is 0 Å². The maximum absolute atomic E-state index is 12.5. The minimum absolute atomic E-state index is 0.0496. The van der Waals surface area contributed by atoms with Crippen molar-refractivity contribution in [1.29, 1.82) is 5.26 Å². The summed E-state index contributed by atoms with van der Waals surface area (Å²) >= 11 is 0. The predicted octanol–water partition coefficient (Wildman–Crippen LogP) is -0.0704. The van der Waals surface area contributed by atoms with Gasteiger partial charge in [-0.2, -0.15) is 5.26 Å². The van der Waals surface area contributed by atoms with Crippen LogP contribution in [0.5, 0.6) is 0 Å². The van der Waals surface area contributed by atoms with Gasteiger partial charge < -0.3 is 4.90 Å². The Labute approximate surface area is 146 Å². The second kappa shape index (κ2) is 9.03. The molecular formula is C18H29N5O. The third-order valence-electron chi connectivity index (χ3n) is 4.96. The normalized spacial score (nSPS) is 22.1. The lowest BCUT2D eigenvalue weighted by Gasteiger charge is -2.39. The Bertz CT molecular complexity index is 491. The smallest absolute Gasteiger partial charge is 0.236 e. The van der Waals surface area contributed by atoms with Crippen molar-refractivity contribution >= 4 is 5.91 Å². The van der Waals surface area contributed by atoms with Gasteiger partial charge in [-0.1, -0.05) is 19.8 Å². The Morgan fingerprint density at radius 3 is 2.12 bits per heavy atom. The van der Waals surface area contributed by atoms with E-state index in [4.69, 9.17) is 6.42 Å². The fraction of sp³-hybridized carbons (Fsp3) is 0.778. The summed E-state index contributed by atoms with van der Waals surface area (Å²) in [6.07, 6.45) is 5.34. The van der Waals surface area contributed by atoms with Crippen LogP contribution in [0.15, 0.2) is 0 Å². The lowest BCUT2D eigenvalue weighted by molar-refractivity contribution is -0.134. The van der Waals surface area contributed by atoms with Gasteiger partial charge in [-0.05, 0) is 5.92 Å². The number of carbonyl (C=O) groups is 1. The number of hydrogen-bond donors (Lipinski definition) is 0. The zero-order valence-electron chi connectivity index (χ0n) is 14.9. The molecule has 2 saturated heterocycles. The van der Waals surface area contributed by atoms with Crippen LogP contribution in [0.1, 0.15) is 13.8 Å². The summed E-state index contributed by atoms with van der Waals surface area (Å²) in [5, 5.41) is 9.30.